The minimum absolute atomic E-state index is 0.0763. The topological polar surface area (TPSA) is 86.9 Å². The number of carbonyl (C=O) groups is 2. The quantitative estimate of drug-likeness (QED) is 0.469. The Morgan fingerprint density at radius 3 is 1.70 bits per heavy atom. The minimum atomic E-state index is -0.440. The van der Waals surface area contributed by atoms with Crippen LogP contribution in [0.2, 0.25) is 0 Å². The normalized spacial score (nSPS) is 41.9. The van der Waals surface area contributed by atoms with Crippen molar-refractivity contribution in [3.63, 3.8) is 0 Å². The van der Waals surface area contributed by atoms with Crippen LogP contribution in [0.4, 0.5) is 0 Å². The highest BCUT2D eigenvalue weighted by Gasteiger charge is 2.56. The number of ether oxygens (including phenoxy) is 5. The largest absolute Gasteiger partial charge is 0.464 e. The van der Waals surface area contributed by atoms with Crippen LogP contribution in [0.15, 0.2) is 0 Å². The molecule has 0 aromatic carbocycles. The summed E-state index contributed by atoms with van der Waals surface area (Å²) in [6.07, 6.45) is 6.62. The van der Waals surface area contributed by atoms with E-state index in [1.807, 2.05) is 0 Å². The summed E-state index contributed by atoms with van der Waals surface area (Å²) in [7, 11) is 0. The van der Waals surface area contributed by atoms with Crippen LogP contribution in [0.25, 0.3) is 0 Å². The lowest BCUT2D eigenvalue weighted by atomic mass is 9.83. The van der Waals surface area contributed by atoms with Crippen LogP contribution in [-0.4, -0.2) is 61.8 Å². The van der Waals surface area contributed by atoms with Gasteiger partial charge in [0.15, 0.2) is 0 Å². The molecule has 0 radical (unpaired) electrons. The molecule has 0 aromatic rings. The van der Waals surface area contributed by atoms with Crippen molar-refractivity contribution in [2.45, 2.75) is 75.8 Å². The molecule has 2 heterocycles. The van der Waals surface area contributed by atoms with Gasteiger partial charge >= 0.3 is 11.9 Å². The van der Waals surface area contributed by atoms with Crippen molar-refractivity contribution < 1.29 is 33.3 Å². The van der Waals surface area contributed by atoms with Gasteiger partial charge in [0.2, 0.25) is 0 Å². The summed E-state index contributed by atoms with van der Waals surface area (Å²) < 4.78 is 26.9. The van der Waals surface area contributed by atoms with Gasteiger partial charge < -0.3 is 23.7 Å². The van der Waals surface area contributed by atoms with Crippen molar-refractivity contribution >= 4 is 11.9 Å². The fourth-order valence-electron chi connectivity index (χ4n) is 4.46. The average Bonchev–Trinajstić information content (AvgIpc) is 3.50. The summed E-state index contributed by atoms with van der Waals surface area (Å²) in [6.45, 7) is 4.61. The number of rotatable bonds is 8. The van der Waals surface area contributed by atoms with Crippen LogP contribution in [0.1, 0.15) is 52.4 Å². The second-order valence-electron chi connectivity index (χ2n) is 8.98. The van der Waals surface area contributed by atoms with Gasteiger partial charge in [-0.3, -0.25) is 0 Å². The molecule has 0 N–H and O–H groups in total. The van der Waals surface area contributed by atoms with Crippen molar-refractivity contribution in [2.24, 2.45) is 11.8 Å². The molecule has 2 saturated heterocycles. The van der Waals surface area contributed by atoms with Crippen LogP contribution < -0.4 is 0 Å². The van der Waals surface area contributed by atoms with E-state index in [1.54, 1.807) is 0 Å². The predicted molar refractivity (Wildman–Crippen MR) is 94.0 cm³/mol. The van der Waals surface area contributed by atoms with E-state index in [-0.39, 0.29) is 24.4 Å². The van der Waals surface area contributed by atoms with Crippen LogP contribution >= 0.6 is 0 Å². The zero-order valence-corrected chi connectivity index (χ0v) is 16.2. The number of esters is 2. The number of hydrogen-bond acceptors (Lipinski definition) is 7. The van der Waals surface area contributed by atoms with Crippen molar-refractivity contribution in [3.8, 4) is 0 Å². The third-order valence-corrected chi connectivity index (χ3v) is 6.66. The smallest absolute Gasteiger partial charge is 0.332 e. The number of hydrogen-bond donors (Lipinski definition) is 0. The number of epoxide rings is 2. The maximum atomic E-state index is 11.8. The van der Waals surface area contributed by atoms with Gasteiger partial charge in [-0.15, -0.1) is 0 Å². The molecule has 2 saturated carbocycles. The SMILES string of the molecule is CC12CCC(COC(=O)COCC(=O)OCC3CCC4(C)OC4C3)CC1O2. The molecule has 6 unspecified atom stereocenters. The predicted octanol–water partition coefficient (Wildman–Crippen LogP) is 2.00. The van der Waals surface area contributed by atoms with Gasteiger partial charge in [-0.1, -0.05) is 0 Å². The highest BCUT2D eigenvalue weighted by molar-refractivity contribution is 5.73. The molecule has 152 valence electrons. The Morgan fingerprint density at radius 1 is 0.852 bits per heavy atom. The Kier molecular flexibility index (Phi) is 5.20. The van der Waals surface area contributed by atoms with Crippen molar-refractivity contribution in [1.82, 2.24) is 0 Å². The lowest BCUT2D eigenvalue weighted by Gasteiger charge is -2.22. The second-order valence-corrected chi connectivity index (χ2v) is 8.98. The van der Waals surface area contributed by atoms with Gasteiger partial charge in [-0.05, 0) is 64.2 Å². The lowest BCUT2D eigenvalue weighted by molar-refractivity contribution is -0.157. The van der Waals surface area contributed by atoms with E-state index in [4.69, 9.17) is 23.7 Å². The van der Waals surface area contributed by atoms with Crippen molar-refractivity contribution in [2.75, 3.05) is 26.4 Å². The molecule has 0 spiro atoms. The van der Waals surface area contributed by atoms with E-state index in [1.165, 1.54) is 0 Å². The zero-order valence-electron chi connectivity index (χ0n) is 16.2. The third-order valence-electron chi connectivity index (χ3n) is 6.66. The average molecular weight is 382 g/mol. The van der Waals surface area contributed by atoms with E-state index in [9.17, 15) is 9.59 Å². The lowest BCUT2D eigenvalue weighted by Crippen LogP contribution is -2.27. The fraction of sp³-hybridized carbons (Fsp3) is 0.900. The van der Waals surface area contributed by atoms with Gasteiger partial charge in [-0.25, -0.2) is 9.59 Å². The first-order chi connectivity index (χ1) is 12.9. The first-order valence-electron chi connectivity index (χ1n) is 10.1. The van der Waals surface area contributed by atoms with Gasteiger partial charge in [0, 0.05) is 0 Å². The van der Waals surface area contributed by atoms with E-state index in [0.29, 0.717) is 37.3 Å². The van der Waals surface area contributed by atoms with Gasteiger partial charge in [0.1, 0.15) is 13.2 Å². The molecule has 2 aliphatic heterocycles. The molecule has 0 amide bonds. The molecular formula is C20H30O7. The van der Waals surface area contributed by atoms with Crippen LogP contribution in [-0.2, 0) is 33.3 Å². The summed E-state index contributed by atoms with van der Waals surface area (Å²) in [4.78, 5) is 23.5. The number of carbonyl (C=O) groups excluding carboxylic acids is 2. The zero-order chi connectivity index (χ0) is 19.1. The summed E-state index contributed by atoms with van der Waals surface area (Å²) in [5.74, 6) is -0.171. The monoisotopic (exact) mass is 382 g/mol. The molecular weight excluding hydrogens is 352 g/mol. The Bertz CT molecular complexity index is 543. The third kappa shape index (κ3) is 4.63. The summed E-state index contributed by atoms with van der Waals surface area (Å²) in [6, 6.07) is 0. The molecule has 2 aliphatic carbocycles. The highest BCUT2D eigenvalue weighted by Crippen LogP contribution is 2.49. The molecule has 0 aromatic heterocycles. The molecule has 7 heteroatoms. The fourth-order valence-corrected chi connectivity index (χ4v) is 4.46. The Morgan fingerprint density at radius 2 is 1.30 bits per heavy atom. The van der Waals surface area contributed by atoms with Gasteiger partial charge in [-0.2, -0.15) is 0 Å². The molecule has 6 atom stereocenters. The van der Waals surface area contributed by atoms with Crippen LogP contribution in [0.5, 0.6) is 0 Å². The van der Waals surface area contributed by atoms with Gasteiger partial charge in [0.05, 0.1) is 36.6 Å². The maximum Gasteiger partial charge on any atom is 0.332 e. The first-order valence-corrected chi connectivity index (χ1v) is 10.1. The standard InChI is InChI=1S/C20H30O7/c1-19-5-3-13(7-15(19)26-19)9-24-17(21)11-23-12-18(22)25-10-14-4-6-20(2)16(8-14)27-20/h13-16H,3-12H2,1-2H3. The molecule has 4 aliphatic rings. The highest BCUT2D eigenvalue weighted by atomic mass is 16.6. The minimum Gasteiger partial charge on any atom is -0.464 e. The molecule has 0 bridgehead atoms. The van der Waals surface area contributed by atoms with Crippen LogP contribution in [0.3, 0.4) is 0 Å². The van der Waals surface area contributed by atoms with Crippen LogP contribution in [0, 0.1) is 11.8 Å². The number of fused-ring (bicyclic) bond motifs is 2. The van der Waals surface area contributed by atoms with Crippen molar-refractivity contribution in [1.29, 1.82) is 0 Å². The van der Waals surface area contributed by atoms with E-state index >= 15 is 0 Å². The summed E-state index contributed by atoms with van der Waals surface area (Å²) in [5, 5.41) is 0. The Balaban J connectivity index is 1.03. The van der Waals surface area contributed by atoms with Crippen molar-refractivity contribution in [3.05, 3.63) is 0 Å². The van der Waals surface area contributed by atoms with E-state index in [0.717, 1.165) is 38.5 Å². The Labute approximate surface area is 160 Å². The molecule has 4 rings (SSSR count). The molecule has 4 fully saturated rings. The first kappa shape index (κ1) is 19.2. The van der Waals surface area contributed by atoms with E-state index in [2.05, 4.69) is 13.8 Å². The maximum absolute atomic E-state index is 11.8. The summed E-state index contributed by atoms with van der Waals surface area (Å²) >= 11 is 0. The molecule has 7 nitrogen and oxygen atoms in total. The van der Waals surface area contributed by atoms with Gasteiger partial charge in [0.25, 0.3) is 0 Å². The second kappa shape index (κ2) is 7.33. The summed E-state index contributed by atoms with van der Waals surface area (Å²) in [5.41, 5.74) is 0.153. The Hall–Kier alpha value is -1.18. The van der Waals surface area contributed by atoms with E-state index < -0.39 is 11.9 Å². The molecule has 27 heavy (non-hydrogen) atoms.